The molecule has 0 aliphatic heterocycles. The molecule has 0 spiro atoms. The molecule has 0 amide bonds. The Kier molecular flexibility index (Phi) is 2.68. The number of Topliss-reactive ketones (excluding diaryl/α,β-unsaturated/α-hetero) is 1. The summed E-state index contributed by atoms with van der Waals surface area (Å²) >= 11 is 0. The molecule has 3 atom stereocenters. The molecule has 2 rings (SSSR count). The molecule has 2 saturated carbocycles. The average Bonchev–Trinajstić information content (AvgIpc) is 2.19. The number of ketones is 1. The quantitative estimate of drug-likeness (QED) is 0.621. The van der Waals surface area contributed by atoms with Crippen LogP contribution in [0.25, 0.3) is 0 Å². The van der Waals surface area contributed by atoms with Gasteiger partial charge in [-0.25, -0.2) is 0 Å². The molecule has 2 heteroatoms. The zero-order chi connectivity index (χ0) is 9.26. The Morgan fingerprint density at radius 3 is 2.77 bits per heavy atom. The minimum atomic E-state index is 0.340. The normalized spacial score (nSPS) is 40.1. The summed E-state index contributed by atoms with van der Waals surface area (Å²) in [6.45, 7) is 0. The van der Waals surface area contributed by atoms with E-state index in [2.05, 4.69) is 0 Å². The minimum absolute atomic E-state index is 0.340. The number of hydrogen-bond acceptors (Lipinski definition) is 2. The van der Waals surface area contributed by atoms with E-state index in [1.165, 1.54) is 19.3 Å². The van der Waals surface area contributed by atoms with Crippen LogP contribution in [0.15, 0.2) is 0 Å². The van der Waals surface area contributed by atoms with Gasteiger partial charge in [0.15, 0.2) is 0 Å². The maximum absolute atomic E-state index is 11.6. The first-order valence-corrected chi connectivity index (χ1v) is 5.38. The number of hydrogen-bond donors (Lipinski definition) is 0. The lowest BCUT2D eigenvalue weighted by Crippen LogP contribution is -2.41. The summed E-state index contributed by atoms with van der Waals surface area (Å²) in [4.78, 5) is 11.6. The largest absolute Gasteiger partial charge is 0.381 e. The molecule has 74 valence electrons. The molecule has 0 bridgehead atoms. The molecule has 0 aromatic carbocycles. The van der Waals surface area contributed by atoms with Crippen molar-refractivity contribution >= 4 is 5.78 Å². The third-order valence-electron chi connectivity index (χ3n) is 3.69. The van der Waals surface area contributed by atoms with E-state index in [1.807, 2.05) is 0 Å². The van der Waals surface area contributed by atoms with Gasteiger partial charge in [0.1, 0.15) is 5.78 Å². The Balaban J connectivity index is 2.09. The highest BCUT2D eigenvalue weighted by Crippen LogP contribution is 2.39. The van der Waals surface area contributed by atoms with Crippen molar-refractivity contribution in [3.05, 3.63) is 0 Å². The minimum Gasteiger partial charge on any atom is -0.381 e. The molecule has 2 fully saturated rings. The highest BCUT2D eigenvalue weighted by molar-refractivity contribution is 5.82. The van der Waals surface area contributed by atoms with Gasteiger partial charge < -0.3 is 4.74 Å². The topological polar surface area (TPSA) is 26.3 Å². The second-order valence-corrected chi connectivity index (χ2v) is 4.33. The average molecular weight is 182 g/mol. The first-order chi connectivity index (χ1) is 6.33. The van der Waals surface area contributed by atoms with Crippen molar-refractivity contribution in [3.8, 4) is 0 Å². The predicted molar refractivity (Wildman–Crippen MR) is 50.5 cm³/mol. The third kappa shape index (κ3) is 1.64. The van der Waals surface area contributed by atoms with Gasteiger partial charge in [-0.15, -0.1) is 0 Å². The first kappa shape index (κ1) is 9.20. The molecule has 0 heterocycles. The molecule has 0 N–H and O–H groups in total. The van der Waals surface area contributed by atoms with Gasteiger partial charge in [0.2, 0.25) is 0 Å². The third-order valence-corrected chi connectivity index (χ3v) is 3.69. The number of rotatable bonds is 1. The van der Waals surface area contributed by atoms with Crippen LogP contribution in [0.1, 0.15) is 38.5 Å². The zero-order valence-corrected chi connectivity index (χ0v) is 8.29. The van der Waals surface area contributed by atoms with Gasteiger partial charge in [-0.05, 0) is 25.2 Å². The van der Waals surface area contributed by atoms with Crippen LogP contribution in [0.2, 0.25) is 0 Å². The van der Waals surface area contributed by atoms with Crippen molar-refractivity contribution in [2.45, 2.75) is 44.6 Å². The SMILES string of the molecule is COC1CCC(=O)[C@@H]2CCCC[C@@H]12. The van der Waals surface area contributed by atoms with Crippen LogP contribution in [0.5, 0.6) is 0 Å². The monoisotopic (exact) mass is 182 g/mol. The van der Waals surface area contributed by atoms with Gasteiger partial charge in [-0.2, -0.15) is 0 Å². The zero-order valence-electron chi connectivity index (χ0n) is 8.29. The van der Waals surface area contributed by atoms with E-state index in [0.717, 1.165) is 19.3 Å². The molecule has 2 aliphatic rings. The van der Waals surface area contributed by atoms with E-state index in [4.69, 9.17) is 4.74 Å². The lowest BCUT2D eigenvalue weighted by molar-refractivity contribution is -0.134. The van der Waals surface area contributed by atoms with Crippen LogP contribution in [-0.4, -0.2) is 19.0 Å². The first-order valence-electron chi connectivity index (χ1n) is 5.38. The van der Waals surface area contributed by atoms with Crippen molar-refractivity contribution in [1.29, 1.82) is 0 Å². The van der Waals surface area contributed by atoms with Gasteiger partial charge >= 0.3 is 0 Å². The number of carbonyl (C=O) groups is 1. The van der Waals surface area contributed by atoms with Gasteiger partial charge in [-0.1, -0.05) is 12.8 Å². The summed E-state index contributed by atoms with van der Waals surface area (Å²) in [5, 5.41) is 0. The molecule has 2 aliphatic carbocycles. The Bertz CT molecular complexity index is 200. The molecular formula is C11H18O2. The fraction of sp³-hybridized carbons (Fsp3) is 0.909. The van der Waals surface area contributed by atoms with Crippen molar-refractivity contribution in [3.63, 3.8) is 0 Å². The molecular weight excluding hydrogens is 164 g/mol. The summed E-state index contributed by atoms with van der Waals surface area (Å²) < 4.78 is 5.46. The second-order valence-electron chi connectivity index (χ2n) is 4.33. The molecule has 1 unspecified atom stereocenters. The number of carbonyl (C=O) groups excluding carboxylic acids is 1. The van der Waals surface area contributed by atoms with Crippen molar-refractivity contribution in [2.75, 3.05) is 7.11 Å². The van der Waals surface area contributed by atoms with E-state index in [-0.39, 0.29) is 0 Å². The van der Waals surface area contributed by atoms with Crippen LogP contribution in [0.3, 0.4) is 0 Å². The van der Waals surface area contributed by atoms with Crippen molar-refractivity contribution < 1.29 is 9.53 Å². The van der Waals surface area contributed by atoms with Crippen LogP contribution in [0.4, 0.5) is 0 Å². The smallest absolute Gasteiger partial charge is 0.136 e. The molecule has 0 radical (unpaired) electrons. The standard InChI is InChI=1S/C11H18O2/c1-13-11-7-6-10(12)8-4-2-3-5-9(8)11/h8-9,11H,2-7H2,1H3/t8-,9-,11?/m1/s1. The lowest BCUT2D eigenvalue weighted by Gasteiger charge is -2.39. The Morgan fingerprint density at radius 2 is 2.00 bits per heavy atom. The summed E-state index contributed by atoms with van der Waals surface area (Å²) in [6, 6.07) is 0. The molecule has 0 saturated heterocycles. The van der Waals surface area contributed by atoms with E-state index < -0.39 is 0 Å². The summed E-state index contributed by atoms with van der Waals surface area (Å²) in [7, 11) is 1.78. The Labute approximate surface area is 79.7 Å². The number of ether oxygens (including phenoxy) is 1. The lowest BCUT2D eigenvalue weighted by atomic mass is 9.69. The Morgan fingerprint density at radius 1 is 1.23 bits per heavy atom. The fourth-order valence-electron chi connectivity index (χ4n) is 2.98. The predicted octanol–water partition coefficient (Wildman–Crippen LogP) is 2.17. The molecule has 0 aromatic heterocycles. The van der Waals surface area contributed by atoms with Crippen molar-refractivity contribution in [2.24, 2.45) is 11.8 Å². The van der Waals surface area contributed by atoms with Gasteiger partial charge in [0.05, 0.1) is 6.10 Å². The van der Waals surface area contributed by atoms with E-state index in [9.17, 15) is 4.79 Å². The van der Waals surface area contributed by atoms with Crippen LogP contribution in [-0.2, 0) is 9.53 Å². The maximum atomic E-state index is 11.6. The van der Waals surface area contributed by atoms with Crippen LogP contribution < -0.4 is 0 Å². The highest BCUT2D eigenvalue weighted by Gasteiger charge is 2.39. The van der Waals surface area contributed by atoms with Crippen LogP contribution >= 0.6 is 0 Å². The van der Waals surface area contributed by atoms with E-state index in [1.54, 1.807) is 7.11 Å². The number of methoxy groups -OCH3 is 1. The number of fused-ring (bicyclic) bond motifs is 1. The van der Waals surface area contributed by atoms with Crippen LogP contribution in [0, 0.1) is 11.8 Å². The highest BCUT2D eigenvalue weighted by atomic mass is 16.5. The maximum Gasteiger partial charge on any atom is 0.136 e. The Hall–Kier alpha value is -0.370. The summed E-state index contributed by atoms with van der Waals surface area (Å²) in [5.74, 6) is 1.38. The molecule has 2 nitrogen and oxygen atoms in total. The fourth-order valence-corrected chi connectivity index (χ4v) is 2.98. The van der Waals surface area contributed by atoms with Gasteiger partial charge in [-0.3, -0.25) is 4.79 Å². The van der Waals surface area contributed by atoms with Crippen molar-refractivity contribution in [1.82, 2.24) is 0 Å². The summed E-state index contributed by atoms with van der Waals surface area (Å²) in [5.41, 5.74) is 0. The summed E-state index contributed by atoms with van der Waals surface area (Å²) in [6.07, 6.45) is 6.91. The van der Waals surface area contributed by atoms with Gasteiger partial charge in [0.25, 0.3) is 0 Å². The molecule has 0 aromatic rings. The van der Waals surface area contributed by atoms with Gasteiger partial charge in [0, 0.05) is 19.4 Å². The molecule has 13 heavy (non-hydrogen) atoms. The second kappa shape index (κ2) is 3.79. The van der Waals surface area contributed by atoms with E-state index >= 15 is 0 Å². The van der Waals surface area contributed by atoms with E-state index in [0.29, 0.717) is 23.7 Å².